The smallest absolute Gasteiger partial charge is 0.319 e. The lowest BCUT2D eigenvalue weighted by molar-refractivity contribution is 0.252. The molecule has 0 saturated carbocycles. The van der Waals surface area contributed by atoms with Gasteiger partial charge in [0.2, 0.25) is 0 Å². The van der Waals surface area contributed by atoms with Crippen LogP contribution in [0.4, 0.5) is 10.5 Å². The molecule has 0 atom stereocenters. The van der Waals surface area contributed by atoms with E-state index in [1.807, 2.05) is 0 Å². The second-order valence-corrected chi connectivity index (χ2v) is 7.95. The first-order valence-corrected chi connectivity index (χ1v) is 9.72. The molecule has 126 valence electrons. The zero-order chi connectivity index (χ0) is 16.7. The molecular weight excluding hydrogens is 312 g/mol. The zero-order valence-electron chi connectivity index (χ0n) is 13.5. The summed E-state index contributed by atoms with van der Waals surface area (Å²) < 4.78 is 23.4. The van der Waals surface area contributed by atoms with E-state index in [0.29, 0.717) is 12.2 Å². The van der Waals surface area contributed by atoms with Crippen LogP contribution in [-0.2, 0) is 9.84 Å². The van der Waals surface area contributed by atoms with Gasteiger partial charge < -0.3 is 10.6 Å². The number of allylic oxidation sites excluding steroid dienone is 1. The molecule has 2 N–H and O–H groups in total. The van der Waals surface area contributed by atoms with E-state index in [1.54, 1.807) is 19.1 Å². The highest BCUT2D eigenvalue weighted by molar-refractivity contribution is 7.91. The quantitative estimate of drug-likeness (QED) is 0.781. The highest BCUT2D eigenvalue weighted by Crippen LogP contribution is 2.19. The molecule has 1 aliphatic carbocycles. The van der Waals surface area contributed by atoms with Crippen molar-refractivity contribution in [2.75, 3.05) is 17.6 Å². The second kappa shape index (κ2) is 8.15. The molecular formula is C17H24N2O3S. The summed E-state index contributed by atoms with van der Waals surface area (Å²) in [4.78, 5) is 12.1. The first kappa shape index (κ1) is 17.5. The Balaban J connectivity index is 1.80. The van der Waals surface area contributed by atoms with Gasteiger partial charge in [0.25, 0.3) is 0 Å². The fourth-order valence-corrected chi connectivity index (χ4v) is 3.44. The van der Waals surface area contributed by atoms with Crippen molar-refractivity contribution in [1.82, 2.24) is 5.32 Å². The maximum Gasteiger partial charge on any atom is 0.319 e. The predicted molar refractivity (Wildman–Crippen MR) is 92.4 cm³/mol. The first-order chi connectivity index (χ1) is 11.0. The molecule has 0 unspecified atom stereocenters. The molecule has 23 heavy (non-hydrogen) atoms. The third kappa shape index (κ3) is 5.39. The van der Waals surface area contributed by atoms with Gasteiger partial charge in [-0.25, -0.2) is 13.2 Å². The molecule has 0 aromatic heterocycles. The van der Waals surface area contributed by atoms with E-state index in [0.717, 1.165) is 19.3 Å². The number of rotatable bonds is 6. The van der Waals surface area contributed by atoms with E-state index < -0.39 is 9.84 Å². The van der Waals surface area contributed by atoms with Gasteiger partial charge in [-0.3, -0.25) is 0 Å². The van der Waals surface area contributed by atoms with Gasteiger partial charge in [0, 0.05) is 12.2 Å². The van der Waals surface area contributed by atoms with E-state index in [9.17, 15) is 13.2 Å². The van der Waals surface area contributed by atoms with E-state index in [-0.39, 0.29) is 16.7 Å². The molecule has 5 nitrogen and oxygen atoms in total. The number of hydrogen-bond acceptors (Lipinski definition) is 3. The van der Waals surface area contributed by atoms with Crippen molar-refractivity contribution in [3.05, 3.63) is 35.9 Å². The third-order valence-corrected chi connectivity index (χ3v) is 5.72. The normalized spacial score (nSPS) is 14.9. The van der Waals surface area contributed by atoms with Crippen LogP contribution in [0.2, 0.25) is 0 Å². The minimum Gasteiger partial charge on any atom is -0.338 e. The largest absolute Gasteiger partial charge is 0.338 e. The maximum atomic E-state index is 11.8. The van der Waals surface area contributed by atoms with E-state index in [2.05, 4.69) is 16.7 Å². The molecule has 0 radical (unpaired) electrons. The van der Waals surface area contributed by atoms with Gasteiger partial charge >= 0.3 is 6.03 Å². The lowest BCUT2D eigenvalue weighted by atomic mass is 9.97. The molecule has 0 saturated heterocycles. The van der Waals surface area contributed by atoms with Gasteiger partial charge in [0.15, 0.2) is 9.84 Å². The van der Waals surface area contributed by atoms with Gasteiger partial charge in [-0.1, -0.05) is 18.6 Å². The average Bonchev–Trinajstić information content (AvgIpc) is 2.56. The van der Waals surface area contributed by atoms with Gasteiger partial charge in [-0.05, 0) is 56.4 Å². The average molecular weight is 336 g/mol. The van der Waals surface area contributed by atoms with E-state index in [4.69, 9.17) is 0 Å². The first-order valence-electron chi connectivity index (χ1n) is 8.07. The van der Waals surface area contributed by atoms with Gasteiger partial charge in [0.05, 0.1) is 10.6 Å². The molecule has 0 aliphatic heterocycles. The number of hydrogen-bond donors (Lipinski definition) is 2. The number of carbonyl (C=O) groups excluding carboxylic acids is 1. The maximum absolute atomic E-state index is 11.8. The highest BCUT2D eigenvalue weighted by atomic mass is 32.2. The molecule has 1 aliphatic rings. The molecule has 0 fully saturated rings. The van der Waals surface area contributed by atoms with Gasteiger partial charge in [-0.15, -0.1) is 0 Å². The summed E-state index contributed by atoms with van der Waals surface area (Å²) in [6.07, 6.45) is 7.95. The van der Waals surface area contributed by atoms with E-state index >= 15 is 0 Å². The van der Waals surface area contributed by atoms with Crippen LogP contribution >= 0.6 is 0 Å². The predicted octanol–water partition coefficient (Wildman–Crippen LogP) is 3.49. The molecule has 0 bridgehead atoms. The van der Waals surface area contributed by atoms with Crippen LogP contribution in [0, 0.1) is 0 Å². The Morgan fingerprint density at radius 1 is 1.17 bits per heavy atom. The monoisotopic (exact) mass is 336 g/mol. The molecule has 0 heterocycles. The number of anilines is 1. The van der Waals surface area contributed by atoms with Crippen molar-refractivity contribution in [2.45, 2.75) is 43.9 Å². The third-order valence-electron chi connectivity index (χ3n) is 3.97. The lowest BCUT2D eigenvalue weighted by Crippen LogP contribution is -2.29. The summed E-state index contributed by atoms with van der Waals surface area (Å²) in [6, 6.07) is 5.97. The van der Waals surface area contributed by atoms with Crippen LogP contribution in [0.5, 0.6) is 0 Å². The molecule has 6 heteroatoms. The van der Waals surface area contributed by atoms with Crippen molar-refractivity contribution in [2.24, 2.45) is 0 Å². The topological polar surface area (TPSA) is 75.3 Å². The highest BCUT2D eigenvalue weighted by Gasteiger charge is 2.11. The number of benzene rings is 1. The van der Waals surface area contributed by atoms with Crippen molar-refractivity contribution < 1.29 is 13.2 Å². The number of amides is 2. The fourth-order valence-electron chi connectivity index (χ4n) is 2.56. The minimum absolute atomic E-state index is 0.0656. The second-order valence-electron chi connectivity index (χ2n) is 5.67. The van der Waals surface area contributed by atoms with Crippen LogP contribution in [-0.4, -0.2) is 26.7 Å². The van der Waals surface area contributed by atoms with Crippen molar-refractivity contribution in [1.29, 1.82) is 0 Å². The summed E-state index contributed by atoms with van der Waals surface area (Å²) in [5, 5.41) is 5.54. The number of nitrogens with one attached hydrogen (secondary N) is 2. The Labute approximate surface area is 138 Å². The van der Waals surface area contributed by atoms with E-state index in [1.165, 1.54) is 30.5 Å². The Morgan fingerprint density at radius 2 is 1.91 bits per heavy atom. The van der Waals surface area contributed by atoms with Crippen molar-refractivity contribution >= 4 is 21.6 Å². The molecule has 2 amide bonds. The van der Waals surface area contributed by atoms with Crippen molar-refractivity contribution in [3.8, 4) is 0 Å². The van der Waals surface area contributed by atoms with Gasteiger partial charge in [-0.2, -0.15) is 0 Å². The van der Waals surface area contributed by atoms with Crippen LogP contribution in [0.15, 0.2) is 40.8 Å². The Morgan fingerprint density at radius 3 is 2.52 bits per heavy atom. The van der Waals surface area contributed by atoms with Crippen LogP contribution in [0.3, 0.4) is 0 Å². The van der Waals surface area contributed by atoms with Gasteiger partial charge in [0.1, 0.15) is 0 Å². The molecule has 1 aromatic rings. The summed E-state index contributed by atoms with van der Waals surface area (Å²) in [5.41, 5.74) is 2.00. The Kier molecular flexibility index (Phi) is 6.21. The van der Waals surface area contributed by atoms with Crippen molar-refractivity contribution in [3.63, 3.8) is 0 Å². The summed E-state index contributed by atoms with van der Waals surface area (Å²) in [5.74, 6) is 0.0656. The summed E-state index contributed by atoms with van der Waals surface area (Å²) in [6.45, 7) is 2.22. The SMILES string of the molecule is CCS(=O)(=O)c1ccc(NC(=O)NCCC2=CCCCC2)cc1. The number of urea groups is 1. The van der Waals surface area contributed by atoms with Crippen LogP contribution < -0.4 is 10.6 Å². The number of sulfone groups is 1. The fraction of sp³-hybridized carbons (Fsp3) is 0.471. The zero-order valence-corrected chi connectivity index (χ0v) is 14.3. The molecule has 1 aromatic carbocycles. The standard InChI is InChI=1S/C17H24N2O3S/c1-2-23(21,22)16-10-8-15(9-11-16)19-17(20)18-13-12-14-6-4-3-5-7-14/h6,8-11H,2-5,7,12-13H2,1H3,(H2,18,19,20). The number of carbonyl (C=O) groups is 1. The minimum atomic E-state index is -3.20. The van der Waals surface area contributed by atoms with Crippen LogP contribution in [0.1, 0.15) is 39.0 Å². The molecule has 2 rings (SSSR count). The Hall–Kier alpha value is -1.82. The molecule has 0 spiro atoms. The lowest BCUT2D eigenvalue weighted by Gasteiger charge is -2.13. The summed E-state index contributed by atoms with van der Waals surface area (Å²) >= 11 is 0. The Bertz CT molecular complexity index is 664. The van der Waals surface area contributed by atoms with Crippen LogP contribution in [0.25, 0.3) is 0 Å². The summed E-state index contributed by atoms with van der Waals surface area (Å²) in [7, 11) is -3.20.